The second-order valence-electron chi connectivity index (χ2n) is 3.35. The minimum Gasteiger partial charge on any atom is -0.329 e. The van der Waals surface area contributed by atoms with E-state index in [0.29, 0.717) is 13.1 Å². The third-order valence-corrected chi connectivity index (χ3v) is 2.25. The van der Waals surface area contributed by atoms with Crippen LogP contribution in [0, 0.1) is 5.82 Å². The average Bonchev–Trinajstić information content (AvgIpc) is 2.65. The number of nitrogens with two attached hydrogens (primary N) is 1. The molecule has 3 nitrogen and oxygen atoms in total. The zero-order valence-corrected chi connectivity index (χ0v) is 8.23. The highest BCUT2D eigenvalue weighted by molar-refractivity contribution is 5.17. The summed E-state index contributed by atoms with van der Waals surface area (Å²) in [6, 6.07) is 6.52. The molecule has 1 heterocycles. The van der Waals surface area contributed by atoms with E-state index in [1.165, 1.54) is 12.1 Å². The first kappa shape index (κ1) is 9.86. The van der Waals surface area contributed by atoms with Gasteiger partial charge in [0.15, 0.2) is 0 Å². The van der Waals surface area contributed by atoms with Gasteiger partial charge in [0.25, 0.3) is 0 Å². The number of rotatable bonds is 3. The summed E-state index contributed by atoms with van der Waals surface area (Å²) in [6.45, 7) is 1.04. The number of aromatic nitrogens is 2. The Bertz CT molecular complexity index is 451. The van der Waals surface area contributed by atoms with Gasteiger partial charge in [0.1, 0.15) is 5.82 Å². The van der Waals surface area contributed by atoms with Crippen molar-refractivity contribution in [3.8, 4) is 0 Å². The third-order valence-electron chi connectivity index (χ3n) is 2.25. The normalized spacial score (nSPS) is 10.5. The molecule has 2 N–H and O–H groups in total. The molecule has 2 aromatic rings. The number of halogens is 1. The van der Waals surface area contributed by atoms with E-state index in [1.807, 2.05) is 10.6 Å². The van der Waals surface area contributed by atoms with Crippen molar-refractivity contribution in [2.24, 2.45) is 5.73 Å². The molecule has 0 radical (unpaired) electrons. The Kier molecular flexibility index (Phi) is 2.78. The second-order valence-corrected chi connectivity index (χ2v) is 3.35. The van der Waals surface area contributed by atoms with Gasteiger partial charge in [-0.05, 0) is 17.7 Å². The quantitative estimate of drug-likeness (QED) is 0.825. The zero-order valence-electron chi connectivity index (χ0n) is 8.23. The Morgan fingerprint density at radius 1 is 1.40 bits per heavy atom. The summed E-state index contributed by atoms with van der Waals surface area (Å²) in [5, 5.41) is 0. The lowest BCUT2D eigenvalue weighted by molar-refractivity contribution is 0.622. The molecule has 4 heteroatoms. The van der Waals surface area contributed by atoms with Crippen LogP contribution in [0.1, 0.15) is 11.3 Å². The van der Waals surface area contributed by atoms with Gasteiger partial charge >= 0.3 is 0 Å². The van der Waals surface area contributed by atoms with E-state index in [4.69, 9.17) is 5.73 Å². The summed E-state index contributed by atoms with van der Waals surface area (Å²) >= 11 is 0. The van der Waals surface area contributed by atoms with Gasteiger partial charge in [0, 0.05) is 19.3 Å². The Labute approximate surface area is 87.4 Å². The first-order valence-corrected chi connectivity index (χ1v) is 4.73. The number of benzene rings is 1. The van der Waals surface area contributed by atoms with Crippen LogP contribution in [-0.4, -0.2) is 9.55 Å². The fourth-order valence-electron chi connectivity index (χ4n) is 1.49. The van der Waals surface area contributed by atoms with Crippen LogP contribution < -0.4 is 5.73 Å². The van der Waals surface area contributed by atoms with E-state index < -0.39 is 0 Å². The molecule has 78 valence electrons. The molecule has 0 saturated carbocycles. The fourth-order valence-corrected chi connectivity index (χ4v) is 1.49. The topological polar surface area (TPSA) is 43.8 Å². The van der Waals surface area contributed by atoms with Crippen LogP contribution in [-0.2, 0) is 13.1 Å². The predicted molar refractivity (Wildman–Crippen MR) is 55.6 cm³/mol. The summed E-state index contributed by atoms with van der Waals surface area (Å²) in [6.07, 6.45) is 3.42. The minimum atomic E-state index is -0.220. The minimum absolute atomic E-state index is 0.220. The van der Waals surface area contributed by atoms with E-state index in [2.05, 4.69) is 4.98 Å². The summed E-state index contributed by atoms with van der Waals surface area (Å²) in [5.41, 5.74) is 7.39. The molecule has 2 rings (SSSR count). The molecule has 0 saturated heterocycles. The maximum Gasteiger partial charge on any atom is 0.123 e. The average molecular weight is 205 g/mol. The standard InChI is InChI=1S/C11H12FN3/c12-10-3-1-2-9(4-10)7-15-8-14-6-11(15)5-13/h1-4,6,8H,5,7,13H2. The summed E-state index contributed by atoms with van der Waals surface area (Å²) < 4.78 is 14.8. The Balaban J connectivity index is 2.22. The van der Waals surface area contributed by atoms with Crippen molar-refractivity contribution >= 4 is 0 Å². The Morgan fingerprint density at radius 3 is 3.00 bits per heavy atom. The van der Waals surface area contributed by atoms with Crippen LogP contribution in [0.25, 0.3) is 0 Å². The Morgan fingerprint density at radius 2 is 2.27 bits per heavy atom. The highest BCUT2D eigenvalue weighted by Crippen LogP contribution is 2.07. The molecule has 0 aliphatic heterocycles. The molecule has 0 aliphatic rings. The molecule has 0 fully saturated rings. The van der Waals surface area contributed by atoms with Crippen molar-refractivity contribution in [2.75, 3.05) is 0 Å². The van der Waals surface area contributed by atoms with Crippen molar-refractivity contribution in [2.45, 2.75) is 13.1 Å². The SMILES string of the molecule is NCc1cncn1Cc1cccc(F)c1. The molecule has 0 aliphatic carbocycles. The summed E-state index contributed by atoms with van der Waals surface area (Å²) in [7, 11) is 0. The van der Waals surface area contributed by atoms with Gasteiger partial charge in [-0.25, -0.2) is 9.37 Å². The molecule has 0 bridgehead atoms. The smallest absolute Gasteiger partial charge is 0.123 e. The largest absolute Gasteiger partial charge is 0.329 e. The van der Waals surface area contributed by atoms with Crippen LogP contribution in [0.3, 0.4) is 0 Å². The first-order valence-electron chi connectivity index (χ1n) is 4.73. The van der Waals surface area contributed by atoms with Gasteiger partial charge < -0.3 is 10.3 Å². The van der Waals surface area contributed by atoms with Crippen molar-refractivity contribution in [3.63, 3.8) is 0 Å². The van der Waals surface area contributed by atoms with Crippen LogP contribution in [0.5, 0.6) is 0 Å². The van der Waals surface area contributed by atoms with Crippen molar-refractivity contribution < 1.29 is 4.39 Å². The van der Waals surface area contributed by atoms with Gasteiger partial charge in [-0.1, -0.05) is 12.1 Å². The lowest BCUT2D eigenvalue weighted by atomic mass is 10.2. The highest BCUT2D eigenvalue weighted by atomic mass is 19.1. The predicted octanol–water partition coefficient (Wildman–Crippen LogP) is 1.53. The zero-order chi connectivity index (χ0) is 10.7. The molecule has 0 spiro atoms. The van der Waals surface area contributed by atoms with E-state index >= 15 is 0 Å². The molecule has 15 heavy (non-hydrogen) atoms. The van der Waals surface area contributed by atoms with Crippen molar-refractivity contribution in [1.29, 1.82) is 0 Å². The molecular weight excluding hydrogens is 193 g/mol. The van der Waals surface area contributed by atoms with Crippen molar-refractivity contribution in [3.05, 3.63) is 53.9 Å². The first-order chi connectivity index (χ1) is 7.29. The van der Waals surface area contributed by atoms with Gasteiger partial charge in [0.05, 0.1) is 12.0 Å². The van der Waals surface area contributed by atoms with Gasteiger partial charge in [0.2, 0.25) is 0 Å². The van der Waals surface area contributed by atoms with Gasteiger partial charge in [-0.3, -0.25) is 0 Å². The number of hydrogen-bond donors (Lipinski definition) is 1. The lowest BCUT2D eigenvalue weighted by Gasteiger charge is -2.06. The van der Waals surface area contributed by atoms with E-state index in [0.717, 1.165) is 11.3 Å². The van der Waals surface area contributed by atoms with Crippen LogP contribution >= 0.6 is 0 Å². The van der Waals surface area contributed by atoms with E-state index in [-0.39, 0.29) is 5.82 Å². The molecule has 0 amide bonds. The van der Waals surface area contributed by atoms with Crippen molar-refractivity contribution in [1.82, 2.24) is 9.55 Å². The van der Waals surface area contributed by atoms with E-state index in [9.17, 15) is 4.39 Å². The maximum absolute atomic E-state index is 12.9. The number of imidazole rings is 1. The Hall–Kier alpha value is -1.68. The van der Waals surface area contributed by atoms with Gasteiger partial charge in [-0.15, -0.1) is 0 Å². The van der Waals surface area contributed by atoms with Crippen LogP contribution in [0.15, 0.2) is 36.8 Å². The number of nitrogens with zero attached hydrogens (tertiary/aromatic N) is 2. The molecule has 1 aromatic carbocycles. The maximum atomic E-state index is 12.9. The fraction of sp³-hybridized carbons (Fsp3) is 0.182. The molecule has 0 unspecified atom stereocenters. The molecule has 0 atom stereocenters. The van der Waals surface area contributed by atoms with Crippen LogP contribution in [0.4, 0.5) is 4.39 Å². The van der Waals surface area contributed by atoms with Gasteiger partial charge in [-0.2, -0.15) is 0 Å². The van der Waals surface area contributed by atoms with Crippen LogP contribution in [0.2, 0.25) is 0 Å². The summed E-state index contributed by atoms with van der Waals surface area (Å²) in [4.78, 5) is 4.00. The number of hydrogen-bond acceptors (Lipinski definition) is 2. The lowest BCUT2D eigenvalue weighted by Crippen LogP contribution is -2.07. The highest BCUT2D eigenvalue weighted by Gasteiger charge is 2.01. The monoisotopic (exact) mass is 205 g/mol. The third kappa shape index (κ3) is 2.22. The molecular formula is C11H12FN3. The van der Waals surface area contributed by atoms with E-state index in [1.54, 1.807) is 18.6 Å². The second kappa shape index (κ2) is 4.23. The summed E-state index contributed by atoms with van der Waals surface area (Å²) in [5.74, 6) is -0.220. The molecule has 1 aromatic heterocycles.